The van der Waals surface area contributed by atoms with Crippen molar-refractivity contribution in [2.24, 2.45) is 5.41 Å². The first-order valence-corrected chi connectivity index (χ1v) is 4.07. The van der Waals surface area contributed by atoms with E-state index in [4.69, 9.17) is 9.47 Å². The first-order chi connectivity index (χ1) is 4.91. The van der Waals surface area contributed by atoms with Gasteiger partial charge in [0.25, 0.3) is 0 Å². The molecule has 2 nitrogen and oxygen atoms in total. The summed E-state index contributed by atoms with van der Waals surface area (Å²) >= 11 is 0. The third-order valence-corrected chi connectivity index (χ3v) is 2.65. The Balaban J connectivity index is 1.98. The van der Waals surface area contributed by atoms with Crippen LogP contribution in [-0.4, -0.2) is 20.0 Å². The lowest BCUT2D eigenvalue weighted by Crippen LogP contribution is -2.34. The summed E-state index contributed by atoms with van der Waals surface area (Å²) in [6.45, 7) is 2.39. The Bertz CT molecular complexity index is 108. The molecule has 0 bridgehead atoms. The van der Waals surface area contributed by atoms with Gasteiger partial charge in [-0.25, -0.2) is 0 Å². The molecule has 1 aliphatic heterocycles. The topological polar surface area (TPSA) is 18.5 Å². The summed E-state index contributed by atoms with van der Waals surface area (Å²) in [6, 6.07) is 0. The summed E-state index contributed by atoms with van der Waals surface area (Å²) in [4.78, 5) is 0. The van der Waals surface area contributed by atoms with Crippen LogP contribution in [0.25, 0.3) is 0 Å². The van der Waals surface area contributed by atoms with Crippen molar-refractivity contribution in [3.63, 3.8) is 0 Å². The van der Waals surface area contributed by atoms with Crippen LogP contribution in [0.5, 0.6) is 0 Å². The molecule has 1 spiro atoms. The van der Waals surface area contributed by atoms with E-state index in [1.54, 1.807) is 0 Å². The van der Waals surface area contributed by atoms with Gasteiger partial charge in [-0.1, -0.05) is 12.8 Å². The Morgan fingerprint density at radius 3 is 2.10 bits per heavy atom. The van der Waals surface area contributed by atoms with E-state index in [1.807, 2.05) is 0 Å². The zero-order chi connectivity index (χ0) is 6.86. The standard InChI is InChI=1S/C8H14O2/c1-2-4-8(3-1)5-9-7-10-6-8/h1-7H2. The molecule has 1 saturated carbocycles. The Hall–Kier alpha value is -0.0800. The molecule has 0 aromatic carbocycles. The number of hydrogen-bond acceptors (Lipinski definition) is 2. The Morgan fingerprint density at radius 2 is 1.50 bits per heavy atom. The maximum Gasteiger partial charge on any atom is 0.146 e. The minimum atomic E-state index is 0.429. The third kappa shape index (κ3) is 1.06. The Morgan fingerprint density at radius 1 is 0.900 bits per heavy atom. The second-order valence-corrected chi connectivity index (χ2v) is 3.52. The normalized spacial score (nSPS) is 31.2. The summed E-state index contributed by atoms with van der Waals surface area (Å²) in [5, 5.41) is 0. The zero-order valence-corrected chi connectivity index (χ0v) is 6.27. The summed E-state index contributed by atoms with van der Waals surface area (Å²) in [6.07, 6.45) is 5.36. The molecule has 0 aromatic heterocycles. The highest BCUT2D eigenvalue weighted by molar-refractivity contribution is 4.85. The van der Waals surface area contributed by atoms with E-state index in [0.29, 0.717) is 12.2 Å². The molecule has 2 aliphatic rings. The van der Waals surface area contributed by atoms with Crippen molar-refractivity contribution >= 4 is 0 Å². The van der Waals surface area contributed by atoms with Crippen LogP contribution in [0.2, 0.25) is 0 Å². The molecule has 1 aliphatic carbocycles. The predicted molar refractivity (Wildman–Crippen MR) is 37.7 cm³/mol. The van der Waals surface area contributed by atoms with Crippen LogP contribution in [0.15, 0.2) is 0 Å². The molecule has 0 N–H and O–H groups in total. The van der Waals surface area contributed by atoms with Gasteiger partial charge in [-0.3, -0.25) is 0 Å². The maximum absolute atomic E-state index is 5.28. The number of ether oxygens (including phenoxy) is 2. The lowest BCUT2D eigenvalue weighted by atomic mass is 9.88. The molecule has 0 radical (unpaired) electrons. The molecular formula is C8H14O2. The average molecular weight is 142 g/mol. The van der Waals surface area contributed by atoms with Crippen LogP contribution in [0.1, 0.15) is 25.7 Å². The van der Waals surface area contributed by atoms with E-state index in [0.717, 1.165) is 13.2 Å². The van der Waals surface area contributed by atoms with Crippen molar-refractivity contribution in [1.29, 1.82) is 0 Å². The van der Waals surface area contributed by atoms with Gasteiger partial charge in [-0.2, -0.15) is 0 Å². The third-order valence-electron chi connectivity index (χ3n) is 2.65. The van der Waals surface area contributed by atoms with Gasteiger partial charge in [0.1, 0.15) is 6.79 Å². The molecule has 2 heteroatoms. The molecule has 2 fully saturated rings. The summed E-state index contributed by atoms with van der Waals surface area (Å²) in [5.74, 6) is 0. The monoisotopic (exact) mass is 142 g/mol. The van der Waals surface area contributed by atoms with Crippen LogP contribution >= 0.6 is 0 Å². The first kappa shape index (κ1) is 6.62. The molecule has 58 valence electrons. The van der Waals surface area contributed by atoms with Crippen molar-refractivity contribution in [2.45, 2.75) is 25.7 Å². The minimum Gasteiger partial charge on any atom is -0.355 e. The van der Waals surface area contributed by atoms with Crippen molar-refractivity contribution in [3.8, 4) is 0 Å². The van der Waals surface area contributed by atoms with Crippen LogP contribution in [0, 0.1) is 5.41 Å². The smallest absolute Gasteiger partial charge is 0.146 e. The Kier molecular flexibility index (Phi) is 1.66. The van der Waals surface area contributed by atoms with Gasteiger partial charge < -0.3 is 9.47 Å². The quantitative estimate of drug-likeness (QED) is 0.511. The molecule has 0 unspecified atom stereocenters. The second kappa shape index (κ2) is 2.51. The van der Waals surface area contributed by atoms with Gasteiger partial charge in [0, 0.05) is 5.41 Å². The SMILES string of the molecule is C1CCC2(C1)COCOC2. The molecule has 0 amide bonds. The fraction of sp³-hybridized carbons (Fsp3) is 1.00. The van der Waals surface area contributed by atoms with Gasteiger partial charge in [-0.15, -0.1) is 0 Å². The fourth-order valence-electron chi connectivity index (χ4n) is 2.03. The molecule has 2 rings (SSSR count). The van der Waals surface area contributed by atoms with E-state index >= 15 is 0 Å². The number of hydrogen-bond donors (Lipinski definition) is 0. The van der Waals surface area contributed by atoms with Gasteiger partial charge >= 0.3 is 0 Å². The van der Waals surface area contributed by atoms with Gasteiger partial charge in [0.05, 0.1) is 13.2 Å². The highest BCUT2D eigenvalue weighted by Gasteiger charge is 2.36. The van der Waals surface area contributed by atoms with Crippen molar-refractivity contribution in [2.75, 3.05) is 20.0 Å². The Labute approximate surface area is 61.5 Å². The van der Waals surface area contributed by atoms with E-state index in [-0.39, 0.29) is 0 Å². The van der Waals surface area contributed by atoms with E-state index in [1.165, 1.54) is 25.7 Å². The molecule has 10 heavy (non-hydrogen) atoms. The predicted octanol–water partition coefficient (Wildman–Crippen LogP) is 1.55. The largest absolute Gasteiger partial charge is 0.355 e. The summed E-state index contributed by atoms with van der Waals surface area (Å²) < 4.78 is 10.6. The minimum absolute atomic E-state index is 0.429. The average Bonchev–Trinajstić information content (AvgIpc) is 2.39. The van der Waals surface area contributed by atoms with E-state index in [9.17, 15) is 0 Å². The van der Waals surface area contributed by atoms with Crippen LogP contribution in [-0.2, 0) is 9.47 Å². The maximum atomic E-state index is 5.28. The summed E-state index contributed by atoms with van der Waals surface area (Å²) in [7, 11) is 0. The molecule has 0 aromatic rings. The van der Waals surface area contributed by atoms with Crippen molar-refractivity contribution < 1.29 is 9.47 Å². The molecule has 1 saturated heterocycles. The van der Waals surface area contributed by atoms with Crippen molar-refractivity contribution in [3.05, 3.63) is 0 Å². The lowest BCUT2D eigenvalue weighted by Gasteiger charge is -2.32. The van der Waals surface area contributed by atoms with E-state index < -0.39 is 0 Å². The van der Waals surface area contributed by atoms with Crippen LogP contribution in [0.3, 0.4) is 0 Å². The van der Waals surface area contributed by atoms with Gasteiger partial charge in [0.2, 0.25) is 0 Å². The van der Waals surface area contributed by atoms with E-state index in [2.05, 4.69) is 0 Å². The van der Waals surface area contributed by atoms with Gasteiger partial charge in [-0.05, 0) is 12.8 Å². The number of rotatable bonds is 0. The highest BCUT2D eigenvalue weighted by atomic mass is 16.7. The summed E-state index contributed by atoms with van der Waals surface area (Å²) in [5.41, 5.74) is 0.429. The van der Waals surface area contributed by atoms with Crippen molar-refractivity contribution in [1.82, 2.24) is 0 Å². The zero-order valence-electron chi connectivity index (χ0n) is 6.27. The highest BCUT2D eigenvalue weighted by Crippen LogP contribution is 2.39. The lowest BCUT2D eigenvalue weighted by molar-refractivity contribution is -0.162. The second-order valence-electron chi connectivity index (χ2n) is 3.52. The van der Waals surface area contributed by atoms with Crippen LogP contribution in [0.4, 0.5) is 0 Å². The molecule has 1 heterocycles. The van der Waals surface area contributed by atoms with Crippen LogP contribution < -0.4 is 0 Å². The first-order valence-electron chi connectivity index (χ1n) is 4.07. The molecule has 0 atom stereocenters. The fourth-order valence-corrected chi connectivity index (χ4v) is 2.03. The van der Waals surface area contributed by atoms with Gasteiger partial charge in [0.15, 0.2) is 0 Å². The molecular weight excluding hydrogens is 128 g/mol.